The van der Waals surface area contributed by atoms with E-state index in [9.17, 15) is 9.59 Å². The van der Waals surface area contributed by atoms with Gasteiger partial charge in [-0.05, 0) is 37.0 Å². The summed E-state index contributed by atoms with van der Waals surface area (Å²) in [6, 6.07) is 5.50. The maximum absolute atomic E-state index is 12.2. The number of nitrogens with two attached hydrogens (primary N) is 1. The lowest BCUT2D eigenvalue weighted by molar-refractivity contribution is -0.126. The molecule has 2 amide bonds. The zero-order valence-corrected chi connectivity index (χ0v) is 12.7. The van der Waals surface area contributed by atoms with Gasteiger partial charge in [-0.1, -0.05) is 6.07 Å². The summed E-state index contributed by atoms with van der Waals surface area (Å²) in [4.78, 5) is 26.1. The lowest BCUT2D eigenvalue weighted by Gasteiger charge is -2.25. The van der Waals surface area contributed by atoms with Gasteiger partial charge in [-0.25, -0.2) is 0 Å². The second kappa shape index (κ2) is 6.06. The molecule has 0 bridgehead atoms. The molecule has 1 aromatic rings. The Hall–Kier alpha value is -1.92. The fourth-order valence-electron chi connectivity index (χ4n) is 2.96. The Morgan fingerprint density at radius 1 is 1.45 bits per heavy atom. The predicted molar refractivity (Wildman–Crippen MR) is 82.7 cm³/mol. The Morgan fingerprint density at radius 3 is 3.00 bits per heavy atom. The van der Waals surface area contributed by atoms with Crippen molar-refractivity contribution in [3.05, 3.63) is 29.3 Å². The fraction of sp³-hybridized carbons (Fsp3) is 0.500. The van der Waals surface area contributed by atoms with E-state index in [1.54, 1.807) is 18.0 Å². The topological polar surface area (TPSA) is 84.7 Å². The van der Waals surface area contributed by atoms with E-state index in [0.29, 0.717) is 24.2 Å². The number of carbonyl (C=O) groups excluding carboxylic acids is 2. The third-order valence-electron chi connectivity index (χ3n) is 4.33. The maximum atomic E-state index is 12.2. The molecule has 0 spiro atoms. The first-order chi connectivity index (χ1) is 10.6. The Balaban J connectivity index is 1.71. The van der Waals surface area contributed by atoms with Crippen LogP contribution >= 0.6 is 0 Å². The third-order valence-corrected chi connectivity index (χ3v) is 4.33. The van der Waals surface area contributed by atoms with Crippen LogP contribution in [0.5, 0.6) is 0 Å². The monoisotopic (exact) mass is 303 g/mol. The first kappa shape index (κ1) is 15.0. The van der Waals surface area contributed by atoms with E-state index >= 15 is 0 Å². The van der Waals surface area contributed by atoms with Crippen LogP contribution < -0.4 is 11.1 Å². The lowest BCUT2D eigenvalue weighted by Crippen LogP contribution is -2.34. The van der Waals surface area contributed by atoms with Gasteiger partial charge in [0.1, 0.15) is 6.10 Å². The molecule has 118 valence electrons. The predicted octanol–water partition coefficient (Wildman–Crippen LogP) is 0.759. The van der Waals surface area contributed by atoms with E-state index in [0.717, 1.165) is 24.9 Å². The van der Waals surface area contributed by atoms with Crippen LogP contribution in [0.15, 0.2) is 18.2 Å². The van der Waals surface area contributed by atoms with Gasteiger partial charge in [-0.2, -0.15) is 0 Å². The summed E-state index contributed by atoms with van der Waals surface area (Å²) in [6.45, 7) is 1.16. The van der Waals surface area contributed by atoms with Gasteiger partial charge >= 0.3 is 0 Å². The van der Waals surface area contributed by atoms with Crippen LogP contribution in [0.25, 0.3) is 0 Å². The number of likely N-dealkylation sites (N-methyl/N-ethyl adjacent to an activating group) is 1. The SMILES string of the molecule is CN1CCc2ccc(NC(=O)[C@@H]3CC[C@H](CN)O3)cc2C1=O. The van der Waals surface area contributed by atoms with Gasteiger partial charge in [-0.15, -0.1) is 0 Å². The Kier molecular flexibility index (Phi) is 4.13. The quantitative estimate of drug-likeness (QED) is 0.863. The zero-order chi connectivity index (χ0) is 15.7. The number of hydrogen-bond donors (Lipinski definition) is 2. The van der Waals surface area contributed by atoms with Gasteiger partial charge in [0.25, 0.3) is 11.8 Å². The molecule has 6 heteroatoms. The largest absolute Gasteiger partial charge is 0.364 e. The van der Waals surface area contributed by atoms with Gasteiger partial charge in [-0.3, -0.25) is 9.59 Å². The van der Waals surface area contributed by atoms with E-state index in [1.807, 2.05) is 12.1 Å². The van der Waals surface area contributed by atoms with E-state index in [2.05, 4.69) is 5.32 Å². The van der Waals surface area contributed by atoms with Crippen molar-refractivity contribution < 1.29 is 14.3 Å². The molecule has 0 aromatic heterocycles. The summed E-state index contributed by atoms with van der Waals surface area (Å²) >= 11 is 0. The molecular formula is C16H21N3O3. The molecule has 6 nitrogen and oxygen atoms in total. The number of carbonyl (C=O) groups is 2. The third kappa shape index (κ3) is 2.84. The van der Waals surface area contributed by atoms with E-state index < -0.39 is 6.10 Å². The van der Waals surface area contributed by atoms with Crippen LogP contribution in [0.4, 0.5) is 5.69 Å². The summed E-state index contributed by atoms with van der Waals surface area (Å²) in [5.74, 6) is -0.176. The molecule has 0 aliphatic carbocycles. The molecule has 1 fully saturated rings. The Labute approximate surface area is 129 Å². The average Bonchev–Trinajstić information content (AvgIpc) is 3.00. The molecule has 2 aliphatic heterocycles. The number of fused-ring (bicyclic) bond motifs is 1. The molecular weight excluding hydrogens is 282 g/mol. The van der Waals surface area contributed by atoms with E-state index in [1.165, 1.54) is 0 Å². The molecule has 1 aromatic carbocycles. The first-order valence-electron chi connectivity index (χ1n) is 7.63. The minimum absolute atomic E-state index is 0.00217. The second-order valence-electron chi connectivity index (χ2n) is 5.90. The number of nitrogens with zero attached hydrogens (tertiary/aromatic N) is 1. The van der Waals surface area contributed by atoms with Gasteiger partial charge < -0.3 is 20.7 Å². The van der Waals surface area contributed by atoms with E-state index in [4.69, 9.17) is 10.5 Å². The highest BCUT2D eigenvalue weighted by atomic mass is 16.5. The van der Waals surface area contributed by atoms with Crippen molar-refractivity contribution in [2.75, 3.05) is 25.5 Å². The number of benzene rings is 1. The molecule has 0 saturated carbocycles. The van der Waals surface area contributed by atoms with Crippen LogP contribution in [0.1, 0.15) is 28.8 Å². The molecule has 3 rings (SSSR count). The molecule has 2 heterocycles. The van der Waals surface area contributed by atoms with Gasteiger partial charge in [0.2, 0.25) is 0 Å². The van der Waals surface area contributed by atoms with E-state index in [-0.39, 0.29) is 17.9 Å². The maximum Gasteiger partial charge on any atom is 0.253 e. The Morgan fingerprint density at radius 2 is 2.27 bits per heavy atom. The molecule has 1 saturated heterocycles. The van der Waals surface area contributed by atoms with Crippen LogP contribution in [0, 0.1) is 0 Å². The first-order valence-corrected chi connectivity index (χ1v) is 7.63. The average molecular weight is 303 g/mol. The molecule has 0 unspecified atom stereocenters. The van der Waals surface area contributed by atoms with Crippen LogP contribution in [-0.2, 0) is 16.0 Å². The van der Waals surface area contributed by atoms with Crippen molar-refractivity contribution in [3.8, 4) is 0 Å². The van der Waals surface area contributed by atoms with Crippen molar-refractivity contribution in [1.29, 1.82) is 0 Å². The highest BCUT2D eigenvalue weighted by Crippen LogP contribution is 2.24. The van der Waals surface area contributed by atoms with Crippen molar-refractivity contribution in [1.82, 2.24) is 4.90 Å². The number of anilines is 1. The second-order valence-corrected chi connectivity index (χ2v) is 5.90. The lowest BCUT2D eigenvalue weighted by atomic mass is 9.98. The summed E-state index contributed by atoms with van der Waals surface area (Å²) in [7, 11) is 1.79. The van der Waals surface area contributed by atoms with Crippen LogP contribution in [0.2, 0.25) is 0 Å². The number of hydrogen-bond acceptors (Lipinski definition) is 4. The number of nitrogens with one attached hydrogen (secondary N) is 1. The molecule has 2 aliphatic rings. The number of rotatable bonds is 3. The van der Waals surface area contributed by atoms with Crippen LogP contribution in [-0.4, -0.2) is 49.1 Å². The minimum atomic E-state index is -0.456. The molecule has 22 heavy (non-hydrogen) atoms. The van der Waals surface area contributed by atoms with Crippen molar-refractivity contribution in [2.45, 2.75) is 31.5 Å². The highest BCUT2D eigenvalue weighted by molar-refractivity contribution is 5.99. The molecule has 3 N–H and O–H groups in total. The van der Waals surface area contributed by atoms with Crippen molar-refractivity contribution >= 4 is 17.5 Å². The summed E-state index contributed by atoms with van der Waals surface area (Å²) in [5, 5.41) is 2.84. The molecule has 2 atom stereocenters. The fourth-order valence-corrected chi connectivity index (χ4v) is 2.96. The number of ether oxygens (including phenoxy) is 1. The number of amides is 2. The van der Waals surface area contributed by atoms with Gasteiger partial charge in [0, 0.05) is 31.4 Å². The van der Waals surface area contributed by atoms with Gasteiger partial charge in [0.05, 0.1) is 6.10 Å². The van der Waals surface area contributed by atoms with Gasteiger partial charge in [0.15, 0.2) is 0 Å². The summed E-state index contributed by atoms with van der Waals surface area (Å²) in [6.07, 6.45) is 1.84. The summed E-state index contributed by atoms with van der Waals surface area (Å²) < 4.78 is 5.58. The van der Waals surface area contributed by atoms with Crippen LogP contribution in [0.3, 0.4) is 0 Å². The standard InChI is InChI=1S/C16H21N3O3/c1-19-7-6-10-2-3-11(8-13(10)16(19)21)18-15(20)14-5-4-12(9-17)22-14/h2-3,8,12,14H,4-7,9,17H2,1H3,(H,18,20)/t12-,14+/m1/s1. The zero-order valence-electron chi connectivity index (χ0n) is 12.7. The summed E-state index contributed by atoms with van der Waals surface area (Å²) in [5.41, 5.74) is 7.88. The Bertz CT molecular complexity index is 602. The van der Waals surface area contributed by atoms with Crippen molar-refractivity contribution in [2.24, 2.45) is 5.73 Å². The smallest absolute Gasteiger partial charge is 0.253 e. The normalized spacial score (nSPS) is 24.3. The minimum Gasteiger partial charge on any atom is -0.364 e. The van der Waals surface area contributed by atoms with Crippen molar-refractivity contribution in [3.63, 3.8) is 0 Å². The molecule has 0 radical (unpaired) electrons. The highest BCUT2D eigenvalue weighted by Gasteiger charge is 2.30.